The Morgan fingerprint density at radius 2 is 1.86 bits per heavy atom. The lowest BCUT2D eigenvalue weighted by Gasteiger charge is -2.43. The topological polar surface area (TPSA) is 55.1 Å². The van der Waals surface area contributed by atoms with Crippen molar-refractivity contribution in [1.29, 1.82) is 0 Å². The summed E-state index contributed by atoms with van der Waals surface area (Å²) in [5, 5.41) is 7.10. The van der Waals surface area contributed by atoms with E-state index < -0.39 is 35.2 Å². The molecular weight excluding hydrogens is 465 g/mol. The molecule has 5 nitrogen and oxygen atoms in total. The van der Waals surface area contributed by atoms with Crippen molar-refractivity contribution in [2.45, 2.75) is 57.2 Å². The van der Waals surface area contributed by atoms with Crippen molar-refractivity contribution in [1.82, 2.24) is 20.1 Å². The van der Waals surface area contributed by atoms with Gasteiger partial charge in [0.1, 0.15) is 5.82 Å². The number of rotatable bonds is 4. The third-order valence-electron chi connectivity index (χ3n) is 6.90. The van der Waals surface area contributed by atoms with Crippen LogP contribution in [0.25, 0.3) is 5.82 Å². The summed E-state index contributed by atoms with van der Waals surface area (Å²) in [6.45, 7) is 0. The largest absolute Gasteiger partial charge is 0.435 e. The fourth-order valence-electron chi connectivity index (χ4n) is 5.20. The molecule has 1 aliphatic carbocycles. The maximum Gasteiger partial charge on any atom is 0.435 e. The number of aliphatic imine (C=N–C) groups is 1. The van der Waals surface area contributed by atoms with Crippen molar-refractivity contribution in [3.8, 4) is 0 Å². The monoisotopic (exact) mass is 489 g/mol. The molecule has 4 heterocycles. The van der Waals surface area contributed by atoms with Gasteiger partial charge >= 0.3 is 6.18 Å². The van der Waals surface area contributed by atoms with Crippen molar-refractivity contribution in [2.24, 2.45) is 10.4 Å². The molecule has 3 aliphatic rings. The zero-order chi connectivity index (χ0) is 24.6. The molecule has 0 amide bonds. The predicted molar refractivity (Wildman–Crippen MR) is 121 cm³/mol. The lowest BCUT2D eigenvalue weighted by Crippen LogP contribution is -2.43. The summed E-state index contributed by atoms with van der Waals surface area (Å²) in [5.74, 6) is -1.39. The second kappa shape index (κ2) is 9.05. The first-order chi connectivity index (χ1) is 16.8. The molecule has 1 atom stereocenters. The lowest BCUT2D eigenvalue weighted by atomic mass is 9.66. The van der Waals surface area contributed by atoms with Gasteiger partial charge in [0, 0.05) is 28.6 Å². The van der Waals surface area contributed by atoms with Gasteiger partial charge in [0.05, 0.1) is 6.04 Å². The number of alkyl halides is 3. The van der Waals surface area contributed by atoms with E-state index in [1.165, 1.54) is 16.9 Å². The van der Waals surface area contributed by atoms with Gasteiger partial charge in [0.2, 0.25) is 11.9 Å². The van der Waals surface area contributed by atoms with Crippen LogP contribution in [0.15, 0.2) is 59.4 Å². The van der Waals surface area contributed by atoms with Crippen LogP contribution in [0, 0.1) is 17.3 Å². The molecule has 0 bridgehead atoms. The maximum absolute atomic E-state index is 14.4. The Balaban J connectivity index is 1.48. The highest BCUT2D eigenvalue weighted by molar-refractivity contribution is 5.96. The molecule has 1 fully saturated rings. The minimum atomic E-state index is -4.53. The molecule has 0 spiro atoms. The van der Waals surface area contributed by atoms with Gasteiger partial charge in [-0.15, -0.1) is 0 Å². The van der Waals surface area contributed by atoms with Gasteiger partial charge in [-0.2, -0.15) is 32.0 Å². The number of aromatic nitrogens is 3. The quantitative estimate of drug-likeness (QED) is 0.403. The minimum Gasteiger partial charge on any atom is -0.377 e. The average molecular weight is 489 g/mol. The van der Waals surface area contributed by atoms with Crippen LogP contribution in [0.4, 0.5) is 22.0 Å². The third-order valence-corrected chi connectivity index (χ3v) is 6.90. The van der Waals surface area contributed by atoms with Crippen molar-refractivity contribution in [3.05, 3.63) is 77.5 Å². The minimum absolute atomic E-state index is 0.238. The van der Waals surface area contributed by atoms with Crippen LogP contribution in [0.2, 0.25) is 0 Å². The summed E-state index contributed by atoms with van der Waals surface area (Å²) in [5.41, 5.74) is 0.577. The molecule has 1 N–H and O–H groups in total. The van der Waals surface area contributed by atoms with Crippen LogP contribution in [-0.2, 0) is 6.18 Å². The van der Waals surface area contributed by atoms with Crippen LogP contribution < -0.4 is 5.32 Å². The Morgan fingerprint density at radius 1 is 1.06 bits per heavy atom. The Morgan fingerprint density at radius 3 is 2.57 bits per heavy atom. The van der Waals surface area contributed by atoms with Gasteiger partial charge in [0.15, 0.2) is 5.69 Å². The molecule has 0 aromatic carbocycles. The molecule has 35 heavy (non-hydrogen) atoms. The number of dihydropyridines is 1. The van der Waals surface area contributed by atoms with E-state index in [0.29, 0.717) is 18.7 Å². The first-order valence-corrected chi connectivity index (χ1v) is 11.7. The summed E-state index contributed by atoms with van der Waals surface area (Å²) in [6, 6.07) is 2.92. The summed E-state index contributed by atoms with van der Waals surface area (Å²) in [7, 11) is 0. The molecule has 2 aromatic rings. The molecule has 184 valence electrons. The van der Waals surface area contributed by atoms with Gasteiger partial charge in [-0.3, -0.25) is 0 Å². The Hall–Kier alpha value is -3.30. The molecular formula is C25H24F5N5. The van der Waals surface area contributed by atoms with Gasteiger partial charge in [0.25, 0.3) is 0 Å². The van der Waals surface area contributed by atoms with Crippen LogP contribution >= 0.6 is 0 Å². The Bertz CT molecular complexity index is 1230. The number of hydrogen-bond donors (Lipinski definition) is 1. The standard InChI is InChI=1S/C25H24F5N5/c26-21-11-10-16(23(27)33-21)17-6-4-7-18(31-17)24(13-2-1-3-14-24)19-8-5-9-22(32-19)35-15-12-20(34-35)25(28,29)30/h4,6-7,9-12,15,17,31H,1-3,5,8,13-14H2. The van der Waals surface area contributed by atoms with Gasteiger partial charge in [-0.05, 0) is 56.0 Å². The maximum atomic E-state index is 14.4. The predicted octanol–water partition coefficient (Wildman–Crippen LogP) is 6.34. The highest BCUT2D eigenvalue weighted by atomic mass is 19.4. The molecule has 2 aromatic heterocycles. The van der Waals surface area contributed by atoms with E-state index in [2.05, 4.69) is 15.4 Å². The summed E-state index contributed by atoms with van der Waals surface area (Å²) in [4.78, 5) is 8.12. The number of hydrogen-bond acceptors (Lipinski definition) is 4. The zero-order valence-corrected chi connectivity index (χ0v) is 18.8. The van der Waals surface area contributed by atoms with Crippen LogP contribution in [-0.4, -0.2) is 20.5 Å². The molecule has 10 heteroatoms. The van der Waals surface area contributed by atoms with Crippen LogP contribution in [0.5, 0.6) is 0 Å². The highest BCUT2D eigenvalue weighted by Gasteiger charge is 2.42. The smallest absolute Gasteiger partial charge is 0.377 e. The lowest BCUT2D eigenvalue weighted by molar-refractivity contribution is -0.141. The SMILES string of the molecule is Fc1ccc(C2C=CC=C(C3(C4=NC(n5ccc(C(F)(F)F)n5)=CCC4)CCCCC3)N2)c(F)n1. The zero-order valence-electron chi connectivity index (χ0n) is 18.8. The summed E-state index contributed by atoms with van der Waals surface area (Å²) < 4.78 is 68.1. The summed E-state index contributed by atoms with van der Waals surface area (Å²) >= 11 is 0. The molecule has 1 saturated carbocycles. The van der Waals surface area contributed by atoms with Crippen molar-refractivity contribution >= 4 is 11.5 Å². The molecule has 0 radical (unpaired) electrons. The molecule has 1 unspecified atom stereocenters. The Kier molecular flexibility index (Phi) is 6.06. The van der Waals surface area contributed by atoms with Crippen molar-refractivity contribution in [3.63, 3.8) is 0 Å². The fraction of sp³-hybridized carbons (Fsp3) is 0.400. The average Bonchev–Trinajstić information content (AvgIpc) is 3.36. The van der Waals surface area contributed by atoms with E-state index in [-0.39, 0.29) is 5.56 Å². The Labute approximate surface area is 199 Å². The van der Waals surface area contributed by atoms with E-state index >= 15 is 0 Å². The van der Waals surface area contributed by atoms with Crippen LogP contribution in [0.3, 0.4) is 0 Å². The number of nitrogens with one attached hydrogen (secondary N) is 1. The first-order valence-electron chi connectivity index (χ1n) is 11.7. The van der Waals surface area contributed by atoms with Crippen molar-refractivity contribution in [2.75, 3.05) is 0 Å². The van der Waals surface area contributed by atoms with Gasteiger partial charge in [-0.1, -0.05) is 31.4 Å². The first kappa shape index (κ1) is 23.4. The van der Waals surface area contributed by atoms with E-state index in [4.69, 9.17) is 4.99 Å². The van der Waals surface area contributed by atoms with Crippen molar-refractivity contribution < 1.29 is 22.0 Å². The second-order valence-corrected chi connectivity index (χ2v) is 9.05. The number of pyridine rings is 1. The van der Waals surface area contributed by atoms with Gasteiger partial charge < -0.3 is 5.32 Å². The number of halogens is 5. The van der Waals surface area contributed by atoms with E-state index in [0.717, 1.165) is 55.6 Å². The highest BCUT2D eigenvalue weighted by Crippen LogP contribution is 2.47. The second-order valence-electron chi connectivity index (χ2n) is 9.05. The van der Waals surface area contributed by atoms with Gasteiger partial charge in [-0.25, -0.2) is 9.67 Å². The molecule has 0 saturated heterocycles. The molecule has 5 rings (SSSR count). The summed E-state index contributed by atoms with van der Waals surface area (Å²) in [6.07, 6.45) is 10.1. The number of nitrogens with zero attached hydrogens (tertiary/aromatic N) is 4. The normalized spacial score (nSPS) is 22.2. The third kappa shape index (κ3) is 4.53. The van der Waals surface area contributed by atoms with E-state index in [1.807, 2.05) is 12.2 Å². The van der Waals surface area contributed by atoms with E-state index in [1.54, 1.807) is 12.2 Å². The molecule has 2 aliphatic heterocycles. The fourth-order valence-corrected chi connectivity index (χ4v) is 5.20. The van der Waals surface area contributed by atoms with Crippen LogP contribution in [0.1, 0.15) is 62.2 Å². The number of allylic oxidation sites excluding steroid dienone is 4. The van der Waals surface area contributed by atoms with E-state index in [9.17, 15) is 22.0 Å².